The predicted octanol–water partition coefficient (Wildman–Crippen LogP) is 3.12. The van der Waals surface area contributed by atoms with Crippen molar-refractivity contribution in [1.82, 2.24) is 4.37 Å². The van der Waals surface area contributed by atoms with Crippen molar-refractivity contribution in [3.05, 3.63) is 10.9 Å². The van der Waals surface area contributed by atoms with E-state index in [9.17, 15) is 8.78 Å². The predicted molar refractivity (Wildman–Crippen MR) is 49.7 cm³/mol. The van der Waals surface area contributed by atoms with Gasteiger partial charge in [-0.1, -0.05) is 13.8 Å². The van der Waals surface area contributed by atoms with Crippen molar-refractivity contribution in [1.29, 1.82) is 0 Å². The van der Waals surface area contributed by atoms with E-state index in [0.717, 1.165) is 4.88 Å². The number of halogens is 2. The smallest absolute Gasteiger partial charge is 0.272 e. The Bertz CT molecular complexity index is 228. The fourth-order valence-corrected chi connectivity index (χ4v) is 1.05. The Morgan fingerprint density at radius 1 is 1.54 bits per heavy atom. The fraction of sp³-hybridized carbons (Fsp3) is 0.625. The van der Waals surface area contributed by atoms with Crippen LogP contribution in [0.25, 0.3) is 0 Å². The molecule has 0 saturated heterocycles. The fourth-order valence-electron chi connectivity index (χ4n) is 0.560. The molecule has 1 aromatic rings. The van der Waals surface area contributed by atoms with Crippen molar-refractivity contribution in [3.63, 3.8) is 0 Å². The van der Waals surface area contributed by atoms with Gasteiger partial charge in [0.25, 0.3) is 6.43 Å². The largest absolute Gasteiger partial charge is 0.471 e. The van der Waals surface area contributed by atoms with Gasteiger partial charge in [-0.3, -0.25) is 0 Å². The highest BCUT2D eigenvalue weighted by molar-refractivity contribution is 7.05. The van der Waals surface area contributed by atoms with Crippen molar-refractivity contribution in [2.75, 3.05) is 6.61 Å². The van der Waals surface area contributed by atoms with Gasteiger partial charge in [-0.25, -0.2) is 8.78 Å². The molecule has 5 heteroatoms. The molecule has 1 aromatic heterocycles. The zero-order valence-electron chi connectivity index (χ0n) is 7.88. The number of nitrogens with zero attached hydrogens (tertiary/aromatic N) is 1. The molecule has 1 heterocycles. The van der Waals surface area contributed by atoms with Gasteiger partial charge < -0.3 is 4.74 Å². The van der Waals surface area contributed by atoms with Gasteiger partial charge in [0.2, 0.25) is 5.88 Å². The lowest BCUT2D eigenvalue weighted by molar-refractivity contribution is 0.0801. The van der Waals surface area contributed by atoms with E-state index in [4.69, 9.17) is 0 Å². The first kappa shape index (κ1) is 12.3. The quantitative estimate of drug-likeness (QED) is 0.763. The molecule has 13 heavy (non-hydrogen) atoms. The lowest BCUT2D eigenvalue weighted by atomic mass is 10.5. The molecule has 0 aliphatic heterocycles. The number of hydrogen-bond acceptors (Lipinski definition) is 3. The molecule has 2 nitrogen and oxygen atoms in total. The van der Waals surface area contributed by atoms with Gasteiger partial charge in [-0.2, -0.15) is 4.37 Å². The first-order valence-corrected chi connectivity index (χ1v) is 4.80. The maximum atomic E-state index is 11.6. The van der Waals surface area contributed by atoms with E-state index in [1.54, 1.807) is 6.07 Å². The molecule has 0 aromatic carbocycles. The molecule has 0 atom stereocenters. The van der Waals surface area contributed by atoms with Crippen molar-refractivity contribution in [2.45, 2.75) is 27.2 Å². The monoisotopic (exact) mass is 209 g/mol. The van der Waals surface area contributed by atoms with E-state index in [-0.39, 0.29) is 5.88 Å². The molecule has 0 radical (unpaired) electrons. The molecule has 0 N–H and O–H groups in total. The van der Waals surface area contributed by atoms with Crippen LogP contribution in [-0.2, 0) is 0 Å². The summed E-state index contributed by atoms with van der Waals surface area (Å²) in [5.41, 5.74) is 0. The van der Waals surface area contributed by atoms with Crippen LogP contribution in [0, 0.1) is 6.92 Å². The minimum Gasteiger partial charge on any atom is -0.471 e. The lowest BCUT2D eigenvalue weighted by Gasteiger charge is -1.98. The van der Waals surface area contributed by atoms with Crippen molar-refractivity contribution >= 4 is 11.5 Å². The second-order valence-corrected chi connectivity index (χ2v) is 2.99. The Morgan fingerprint density at radius 2 is 2.15 bits per heavy atom. The van der Waals surface area contributed by atoms with Crippen LogP contribution in [0.1, 0.15) is 18.7 Å². The van der Waals surface area contributed by atoms with Gasteiger partial charge in [0.15, 0.2) is 6.61 Å². The van der Waals surface area contributed by atoms with E-state index >= 15 is 0 Å². The summed E-state index contributed by atoms with van der Waals surface area (Å²) in [7, 11) is 0. The second kappa shape index (κ2) is 6.77. The normalized spacial score (nSPS) is 9.38. The molecule has 0 saturated carbocycles. The number of aromatic nitrogens is 1. The SMILES string of the molecule is CC.Cc1cc(OCC(F)F)ns1. The van der Waals surface area contributed by atoms with E-state index in [0.29, 0.717) is 0 Å². The van der Waals surface area contributed by atoms with Crippen molar-refractivity contribution < 1.29 is 13.5 Å². The Hall–Kier alpha value is -0.710. The zero-order valence-corrected chi connectivity index (χ0v) is 8.70. The molecular formula is C8H13F2NOS. The molecule has 0 fully saturated rings. The Morgan fingerprint density at radius 3 is 2.54 bits per heavy atom. The summed E-state index contributed by atoms with van der Waals surface area (Å²) in [6.45, 7) is 5.26. The molecule has 0 aliphatic carbocycles. The van der Waals surface area contributed by atoms with Crippen LogP contribution in [0.4, 0.5) is 8.78 Å². The highest BCUT2D eigenvalue weighted by atomic mass is 32.1. The highest BCUT2D eigenvalue weighted by Crippen LogP contribution is 2.15. The second-order valence-electron chi connectivity index (χ2n) is 1.98. The van der Waals surface area contributed by atoms with Gasteiger partial charge in [0, 0.05) is 10.9 Å². The number of aryl methyl sites for hydroxylation is 1. The zero-order chi connectivity index (χ0) is 10.3. The van der Waals surface area contributed by atoms with Crippen LogP contribution in [0.2, 0.25) is 0 Å². The summed E-state index contributed by atoms with van der Waals surface area (Å²) in [6.07, 6.45) is -2.43. The summed E-state index contributed by atoms with van der Waals surface area (Å²) < 4.78 is 31.6. The third kappa shape index (κ3) is 5.52. The van der Waals surface area contributed by atoms with Gasteiger partial charge in [0.1, 0.15) is 0 Å². The van der Waals surface area contributed by atoms with Crippen LogP contribution in [0.5, 0.6) is 5.88 Å². The van der Waals surface area contributed by atoms with Crippen LogP contribution in [0.3, 0.4) is 0 Å². The van der Waals surface area contributed by atoms with Gasteiger partial charge in [-0.05, 0) is 18.5 Å². The minimum atomic E-state index is -2.43. The van der Waals surface area contributed by atoms with E-state index in [1.165, 1.54) is 11.5 Å². The first-order chi connectivity index (χ1) is 6.18. The average molecular weight is 209 g/mol. The maximum Gasteiger partial charge on any atom is 0.272 e. The molecule has 0 spiro atoms. The van der Waals surface area contributed by atoms with Gasteiger partial charge >= 0.3 is 0 Å². The summed E-state index contributed by atoms with van der Waals surface area (Å²) in [6, 6.07) is 1.63. The molecular weight excluding hydrogens is 196 g/mol. The molecule has 0 aliphatic rings. The Balaban J connectivity index is 0.000000671. The van der Waals surface area contributed by atoms with Crippen LogP contribution in [-0.4, -0.2) is 17.4 Å². The number of rotatable bonds is 3. The number of ether oxygens (including phenoxy) is 1. The summed E-state index contributed by atoms with van der Waals surface area (Å²) in [4.78, 5) is 0.953. The third-order valence-electron chi connectivity index (χ3n) is 0.964. The highest BCUT2D eigenvalue weighted by Gasteiger charge is 2.04. The molecule has 0 unspecified atom stereocenters. The van der Waals surface area contributed by atoms with Gasteiger partial charge in [-0.15, -0.1) is 0 Å². The standard InChI is InChI=1S/C6H7F2NOS.C2H6/c1-4-2-6(9-11-4)10-3-5(7)8;1-2/h2,5H,3H2,1H3;1-2H3. The number of hydrogen-bond donors (Lipinski definition) is 0. The lowest BCUT2D eigenvalue weighted by Crippen LogP contribution is -2.06. The molecule has 0 amide bonds. The average Bonchev–Trinajstić information content (AvgIpc) is 2.52. The summed E-state index contributed by atoms with van der Waals surface area (Å²) >= 11 is 1.24. The summed E-state index contributed by atoms with van der Waals surface area (Å²) in [5, 5.41) is 0. The van der Waals surface area contributed by atoms with E-state index in [1.807, 2.05) is 20.8 Å². The van der Waals surface area contributed by atoms with Gasteiger partial charge in [0.05, 0.1) is 0 Å². The van der Waals surface area contributed by atoms with E-state index < -0.39 is 13.0 Å². The number of alkyl halides is 2. The third-order valence-corrected chi connectivity index (χ3v) is 1.64. The first-order valence-electron chi connectivity index (χ1n) is 4.03. The molecule has 1 rings (SSSR count). The van der Waals surface area contributed by atoms with Crippen LogP contribution >= 0.6 is 11.5 Å². The van der Waals surface area contributed by atoms with Crippen molar-refractivity contribution in [2.24, 2.45) is 0 Å². The molecule has 76 valence electrons. The minimum absolute atomic E-state index is 0.285. The maximum absolute atomic E-state index is 11.6. The van der Waals surface area contributed by atoms with Crippen LogP contribution < -0.4 is 4.74 Å². The summed E-state index contributed by atoms with van der Waals surface area (Å²) in [5.74, 6) is 0.285. The van der Waals surface area contributed by atoms with Crippen LogP contribution in [0.15, 0.2) is 6.07 Å². The molecule has 0 bridgehead atoms. The van der Waals surface area contributed by atoms with Crippen molar-refractivity contribution in [3.8, 4) is 5.88 Å². The Kier molecular flexibility index (Phi) is 6.40. The van der Waals surface area contributed by atoms with E-state index in [2.05, 4.69) is 9.11 Å². The topological polar surface area (TPSA) is 22.1 Å². The Labute approximate surface area is 80.7 Å².